The van der Waals surface area contributed by atoms with Crippen LogP contribution < -0.4 is 15.9 Å². The fourth-order valence-electron chi connectivity index (χ4n) is 7.47. The van der Waals surface area contributed by atoms with Gasteiger partial charge in [-0.05, 0) is 25.8 Å². The maximum Gasteiger partial charge on any atom is 0.253 e. The Hall–Kier alpha value is -5.04. The largest absolute Gasteiger partial charge is 0.507 e. The van der Waals surface area contributed by atoms with E-state index >= 15 is 0 Å². The first-order valence-corrected chi connectivity index (χ1v) is 17.5. The molecule has 54 heavy (non-hydrogen) atoms. The number of imide groups is 1. The number of rotatable bonds is 12. The Balaban J connectivity index is 1.29. The van der Waals surface area contributed by atoms with Crippen molar-refractivity contribution < 1.29 is 63.7 Å². The van der Waals surface area contributed by atoms with E-state index in [1.54, 1.807) is 6.92 Å². The summed E-state index contributed by atoms with van der Waals surface area (Å²) in [5, 5.41) is 60.5. The van der Waals surface area contributed by atoms with Crippen LogP contribution in [-0.4, -0.2) is 116 Å². The van der Waals surface area contributed by atoms with Gasteiger partial charge in [0, 0.05) is 67.1 Å². The molecule has 2 aromatic carbocycles. The highest BCUT2D eigenvalue weighted by Crippen LogP contribution is 2.52. The molecule has 0 unspecified atom stereocenters. The summed E-state index contributed by atoms with van der Waals surface area (Å²) in [7, 11) is 1.32. The van der Waals surface area contributed by atoms with Gasteiger partial charge in [-0.25, -0.2) is 5.43 Å². The molecule has 0 saturated carbocycles. The number of ether oxygens (including phenoxy) is 3. The predicted molar refractivity (Wildman–Crippen MR) is 187 cm³/mol. The Morgan fingerprint density at radius 1 is 1.06 bits per heavy atom. The molecule has 288 valence electrons. The molecule has 8 N–H and O–H groups in total. The van der Waals surface area contributed by atoms with Crippen molar-refractivity contribution in [2.45, 2.75) is 88.1 Å². The van der Waals surface area contributed by atoms with Gasteiger partial charge in [0.25, 0.3) is 11.8 Å². The number of hydrazone groups is 1. The van der Waals surface area contributed by atoms with Gasteiger partial charge in [-0.3, -0.25) is 28.9 Å². The van der Waals surface area contributed by atoms with E-state index in [2.05, 4.69) is 10.5 Å². The number of nitrogens with zero attached hydrogens (tertiary/aromatic N) is 2. The summed E-state index contributed by atoms with van der Waals surface area (Å²) in [5.74, 6) is -4.25. The number of amides is 3. The van der Waals surface area contributed by atoms with E-state index in [4.69, 9.17) is 19.9 Å². The number of aliphatic hydroxyl groups is 3. The number of carbonyl (C=O) groups excluding carboxylic acids is 5. The van der Waals surface area contributed by atoms with Gasteiger partial charge in [0.2, 0.25) is 11.7 Å². The minimum Gasteiger partial charge on any atom is -0.507 e. The van der Waals surface area contributed by atoms with Crippen molar-refractivity contribution in [2.75, 3.05) is 20.3 Å². The van der Waals surface area contributed by atoms with Crippen LogP contribution >= 0.6 is 0 Å². The number of hydrogen-bond acceptors (Lipinski definition) is 15. The second kappa shape index (κ2) is 15.4. The van der Waals surface area contributed by atoms with Gasteiger partial charge in [-0.2, -0.15) is 5.10 Å². The van der Waals surface area contributed by atoms with Gasteiger partial charge in [-0.15, -0.1) is 0 Å². The lowest BCUT2D eigenvalue weighted by atomic mass is 9.71. The van der Waals surface area contributed by atoms with Crippen molar-refractivity contribution in [3.63, 3.8) is 0 Å². The highest BCUT2D eigenvalue weighted by atomic mass is 16.7. The van der Waals surface area contributed by atoms with Gasteiger partial charge in [-0.1, -0.05) is 18.6 Å². The number of phenols is 2. The van der Waals surface area contributed by atoms with Crippen LogP contribution in [0.3, 0.4) is 0 Å². The molecule has 2 aliphatic heterocycles. The maximum absolute atomic E-state index is 14.0. The van der Waals surface area contributed by atoms with Crippen LogP contribution in [0.25, 0.3) is 0 Å². The SMILES string of the molecule is COc1cccc2c1C(=O)c1c(O)c3c(c(O)c1C2=O)C[C@@](O)(/C(CO)=N/NC(=O)CCCCCN1C(=O)C=CC1=O)C[C@@H]3O[C@H]1C[C@H](N)[C@@H](O)[C@H](C)O1. The van der Waals surface area contributed by atoms with Crippen LogP contribution in [0.2, 0.25) is 0 Å². The molecule has 0 radical (unpaired) electrons. The van der Waals surface area contributed by atoms with Gasteiger partial charge in [0.1, 0.15) is 22.8 Å². The van der Waals surface area contributed by atoms with Gasteiger partial charge in [0.15, 0.2) is 12.1 Å². The number of carbonyl (C=O) groups is 5. The highest BCUT2D eigenvalue weighted by Gasteiger charge is 2.49. The van der Waals surface area contributed by atoms with E-state index in [9.17, 15) is 49.5 Å². The average Bonchev–Trinajstić information content (AvgIpc) is 3.46. The second-order valence-corrected chi connectivity index (χ2v) is 13.8. The van der Waals surface area contributed by atoms with Crippen molar-refractivity contribution >= 4 is 35.0 Å². The smallest absolute Gasteiger partial charge is 0.253 e. The summed E-state index contributed by atoms with van der Waals surface area (Å²) in [5.41, 5.74) is 4.46. The van der Waals surface area contributed by atoms with Crippen molar-refractivity contribution in [1.29, 1.82) is 0 Å². The fourth-order valence-corrected chi connectivity index (χ4v) is 7.47. The molecule has 6 atom stereocenters. The molecule has 3 amide bonds. The summed E-state index contributed by atoms with van der Waals surface area (Å²) in [6.45, 7) is 0.910. The first-order valence-electron chi connectivity index (χ1n) is 17.5. The van der Waals surface area contributed by atoms with E-state index in [1.807, 2.05) is 0 Å². The number of ketones is 2. The number of unbranched alkanes of at least 4 members (excludes halogenated alkanes) is 2. The third kappa shape index (κ3) is 7.01. The Morgan fingerprint density at radius 2 is 1.76 bits per heavy atom. The number of hydrogen-bond donors (Lipinski definition) is 7. The monoisotopic (exact) mass is 750 g/mol. The molecule has 0 bridgehead atoms. The van der Waals surface area contributed by atoms with Crippen LogP contribution in [0.1, 0.15) is 94.5 Å². The second-order valence-electron chi connectivity index (χ2n) is 13.8. The van der Waals surface area contributed by atoms with Crippen molar-refractivity contribution in [3.8, 4) is 17.2 Å². The van der Waals surface area contributed by atoms with Gasteiger partial charge >= 0.3 is 0 Å². The van der Waals surface area contributed by atoms with Crippen molar-refractivity contribution in [1.82, 2.24) is 10.3 Å². The molecule has 2 aliphatic carbocycles. The summed E-state index contributed by atoms with van der Waals surface area (Å²) in [6.07, 6.45) is -1.56. The number of aromatic hydroxyl groups is 2. The highest BCUT2D eigenvalue weighted by molar-refractivity contribution is 6.31. The number of fused-ring (bicyclic) bond motifs is 3. The number of phenolic OH excluding ortho intramolecular Hbond substituents is 2. The number of aliphatic hydroxyl groups excluding tert-OH is 2. The van der Waals surface area contributed by atoms with Gasteiger partial charge in [0.05, 0.1) is 54.4 Å². The summed E-state index contributed by atoms with van der Waals surface area (Å²) >= 11 is 0. The Kier molecular flexibility index (Phi) is 11.0. The lowest BCUT2D eigenvalue weighted by molar-refractivity contribution is -0.245. The Labute approximate surface area is 309 Å². The zero-order chi connectivity index (χ0) is 39.1. The standard InChI is InChI=1S/C37H42N4O13/c1-17-32(46)20(38)13-27(53-17)54-22-15-37(51,23(16-42)39-40-24(43)9-4-3-5-12-41-25(44)10-11-26(41)45)14-19-29(22)36(50)31-30(34(19)48)33(47)18-7-6-8-21(52-2)28(18)35(31)49/h6-8,10-11,17,20,22,27,32,42,46,48,50-51H,3-5,9,12-16,38H2,1-2H3,(H,40,43)/b39-23+/t17-,20-,22-,27-,32-,37-/m0/s1. The van der Waals surface area contributed by atoms with Crippen LogP contribution in [0.5, 0.6) is 17.2 Å². The van der Waals surface area contributed by atoms with E-state index in [0.29, 0.717) is 19.3 Å². The van der Waals surface area contributed by atoms with E-state index in [1.165, 1.54) is 37.5 Å². The molecule has 2 heterocycles. The fraction of sp³-hybridized carbons (Fsp3) is 0.459. The average molecular weight is 751 g/mol. The summed E-state index contributed by atoms with van der Waals surface area (Å²) in [6, 6.07) is 3.57. The zero-order valence-corrected chi connectivity index (χ0v) is 29.6. The molecule has 1 saturated heterocycles. The number of benzene rings is 2. The maximum atomic E-state index is 14.0. The normalized spacial score (nSPS) is 26.4. The van der Waals surface area contributed by atoms with Crippen molar-refractivity contribution in [2.24, 2.45) is 10.8 Å². The molecule has 0 spiro atoms. The zero-order valence-electron chi connectivity index (χ0n) is 29.6. The molecular weight excluding hydrogens is 708 g/mol. The summed E-state index contributed by atoms with van der Waals surface area (Å²) < 4.78 is 17.4. The number of nitrogens with one attached hydrogen (secondary N) is 1. The van der Waals surface area contributed by atoms with Crippen LogP contribution in [0.15, 0.2) is 35.5 Å². The Bertz CT molecular complexity index is 1930. The first-order chi connectivity index (χ1) is 25.7. The molecule has 0 aromatic heterocycles. The van der Waals surface area contributed by atoms with Crippen LogP contribution in [-0.2, 0) is 30.3 Å². The van der Waals surface area contributed by atoms with Crippen LogP contribution in [0, 0.1) is 0 Å². The number of methoxy groups -OCH3 is 1. The van der Waals surface area contributed by atoms with Gasteiger partial charge < -0.3 is 45.5 Å². The quantitative estimate of drug-likeness (QED) is 0.0434. The van der Waals surface area contributed by atoms with E-state index in [0.717, 1.165) is 4.90 Å². The lowest BCUT2D eigenvalue weighted by Crippen LogP contribution is -2.53. The lowest BCUT2D eigenvalue weighted by Gasteiger charge is -2.43. The molecule has 6 rings (SSSR count). The molecule has 1 fully saturated rings. The topological polar surface area (TPSA) is 268 Å². The van der Waals surface area contributed by atoms with Crippen LogP contribution in [0.4, 0.5) is 0 Å². The molecular formula is C37H42N4O13. The third-order valence-corrected chi connectivity index (χ3v) is 10.3. The Morgan fingerprint density at radius 3 is 2.43 bits per heavy atom. The summed E-state index contributed by atoms with van der Waals surface area (Å²) in [4.78, 5) is 65.1. The van der Waals surface area contributed by atoms with E-state index in [-0.39, 0.29) is 53.1 Å². The molecule has 4 aliphatic rings. The van der Waals surface area contributed by atoms with Crippen molar-refractivity contribution in [3.05, 3.63) is 63.7 Å². The molecule has 17 heteroatoms. The third-order valence-electron chi connectivity index (χ3n) is 10.3. The number of nitrogens with two attached hydrogens (primary N) is 1. The first kappa shape index (κ1) is 38.7. The molecule has 2 aromatic rings. The predicted octanol–water partition coefficient (Wildman–Crippen LogP) is 0.390. The molecule has 17 nitrogen and oxygen atoms in total. The minimum atomic E-state index is -2.16. The minimum absolute atomic E-state index is 0.0120. The van der Waals surface area contributed by atoms with E-state index < -0.39 is 108 Å².